The third kappa shape index (κ3) is 1.45. The van der Waals surface area contributed by atoms with Gasteiger partial charge in [0.05, 0.1) is 5.39 Å². The van der Waals surface area contributed by atoms with Crippen molar-refractivity contribution in [3.8, 4) is 11.4 Å². The molecule has 4 heterocycles. The van der Waals surface area contributed by atoms with Gasteiger partial charge in [-0.2, -0.15) is 0 Å². The zero-order chi connectivity index (χ0) is 13.7. The molecule has 20 heavy (non-hydrogen) atoms. The van der Waals surface area contributed by atoms with Crippen molar-refractivity contribution in [2.75, 3.05) is 0 Å². The van der Waals surface area contributed by atoms with Crippen LogP contribution in [0.3, 0.4) is 0 Å². The number of furan rings is 1. The van der Waals surface area contributed by atoms with Crippen molar-refractivity contribution < 1.29 is 4.42 Å². The van der Waals surface area contributed by atoms with Gasteiger partial charge in [-0.15, -0.1) is 5.10 Å². The maximum Gasteiger partial charge on any atom is 0.231 e. The maximum atomic E-state index is 5.62. The van der Waals surface area contributed by atoms with E-state index in [1.165, 1.54) is 0 Å². The van der Waals surface area contributed by atoms with Gasteiger partial charge < -0.3 is 4.42 Å². The lowest BCUT2D eigenvalue weighted by molar-refractivity contribution is 0.563. The molecule has 6 nitrogen and oxygen atoms in total. The smallest absolute Gasteiger partial charge is 0.231 e. The molecule has 0 bridgehead atoms. The van der Waals surface area contributed by atoms with E-state index in [1.54, 1.807) is 23.2 Å². The van der Waals surface area contributed by atoms with Gasteiger partial charge in [-0.1, -0.05) is 0 Å². The Morgan fingerprint density at radius 3 is 2.75 bits per heavy atom. The highest BCUT2D eigenvalue weighted by molar-refractivity contribution is 5.92. The minimum Gasteiger partial charge on any atom is -0.443 e. The molecule has 4 aromatic heterocycles. The average Bonchev–Trinajstić information content (AvgIpc) is 3.02. The summed E-state index contributed by atoms with van der Waals surface area (Å²) >= 11 is 0. The van der Waals surface area contributed by atoms with Crippen LogP contribution in [0.1, 0.15) is 11.3 Å². The second-order valence-electron chi connectivity index (χ2n) is 4.65. The Balaban J connectivity index is 2.06. The van der Waals surface area contributed by atoms with Crippen LogP contribution >= 0.6 is 0 Å². The fraction of sp³-hybridized carbons (Fsp3) is 0.143. The molecule has 0 N–H and O–H groups in total. The van der Waals surface area contributed by atoms with Crippen LogP contribution in [-0.2, 0) is 0 Å². The van der Waals surface area contributed by atoms with E-state index < -0.39 is 0 Å². The van der Waals surface area contributed by atoms with Gasteiger partial charge in [-0.25, -0.2) is 14.5 Å². The highest BCUT2D eigenvalue weighted by atomic mass is 16.3. The number of rotatable bonds is 1. The number of hydrogen-bond acceptors (Lipinski definition) is 5. The zero-order valence-corrected chi connectivity index (χ0v) is 11.0. The van der Waals surface area contributed by atoms with Crippen LogP contribution < -0.4 is 0 Å². The monoisotopic (exact) mass is 265 g/mol. The van der Waals surface area contributed by atoms with Gasteiger partial charge in [-0.05, 0) is 26.0 Å². The fourth-order valence-corrected chi connectivity index (χ4v) is 2.27. The quantitative estimate of drug-likeness (QED) is 0.529. The summed E-state index contributed by atoms with van der Waals surface area (Å²) in [6.07, 6.45) is 5.07. The first kappa shape index (κ1) is 11.1. The maximum absolute atomic E-state index is 5.62. The van der Waals surface area contributed by atoms with Crippen LogP contribution in [0.5, 0.6) is 0 Å². The molecule has 0 aromatic carbocycles. The van der Waals surface area contributed by atoms with Gasteiger partial charge in [0.1, 0.15) is 12.1 Å². The topological polar surface area (TPSA) is 69.1 Å². The lowest BCUT2D eigenvalue weighted by atomic mass is 10.2. The predicted molar refractivity (Wildman–Crippen MR) is 73.3 cm³/mol. The van der Waals surface area contributed by atoms with E-state index in [2.05, 4.69) is 20.1 Å². The Morgan fingerprint density at radius 1 is 1.15 bits per heavy atom. The van der Waals surface area contributed by atoms with Crippen molar-refractivity contribution in [2.24, 2.45) is 0 Å². The number of fused-ring (bicyclic) bond motifs is 3. The summed E-state index contributed by atoms with van der Waals surface area (Å²) in [6, 6.07) is 3.76. The predicted octanol–water partition coefficient (Wildman–Crippen LogP) is 2.55. The number of nitrogens with zero attached hydrogens (tertiary/aromatic N) is 5. The van der Waals surface area contributed by atoms with Gasteiger partial charge in [0.15, 0.2) is 11.5 Å². The van der Waals surface area contributed by atoms with E-state index in [4.69, 9.17) is 4.42 Å². The summed E-state index contributed by atoms with van der Waals surface area (Å²) in [4.78, 5) is 12.9. The van der Waals surface area contributed by atoms with Crippen LogP contribution in [0.15, 0.2) is 35.3 Å². The molecule has 0 fully saturated rings. The van der Waals surface area contributed by atoms with Crippen LogP contribution in [0.2, 0.25) is 0 Å². The van der Waals surface area contributed by atoms with Gasteiger partial charge in [0.2, 0.25) is 5.71 Å². The fourth-order valence-electron chi connectivity index (χ4n) is 2.27. The first-order valence-electron chi connectivity index (χ1n) is 6.25. The van der Waals surface area contributed by atoms with Crippen molar-refractivity contribution in [1.29, 1.82) is 0 Å². The molecule has 0 atom stereocenters. The molecule has 98 valence electrons. The standard InChI is InChI=1S/C14H11N5O/c1-8-9(2)20-14-11(8)13-17-12(18-19(13)7-16-14)10-3-5-15-6-4-10/h3-7H,1-2H3. The largest absolute Gasteiger partial charge is 0.443 e. The van der Waals surface area contributed by atoms with E-state index in [0.717, 1.165) is 27.9 Å². The molecule has 0 radical (unpaired) electrons. The molecule has 0 spiro atoms. The number of pyridine rings is 1. The SMILES string of the molecule is Cc1oc2ncn3nc(-c4ccncc4)nc3c2c1C. The molecular formula is C14H11N5O. The van der Waals surface area contributed by atoms with Crippen LogP contribution in [0.4, 0.5) is 0 Å². The summed E-state index contributed by atoms with van der Waals surface area (Å²) in [6.45, 7) is 3.93. The van der Waals surface area contributed by atoms with E-state index in [9.17, 15) is 0 Å². The normalized spacial score (nSPS) is 11.5. The molecule has 4 aromatic rings. The molecule has 0 aliphatic rings. The molecule has 6 heteroatoms. The Labute approximate surface area is 114 Å². The molecule has 4 rings (SSSR count). The van der Waals surface area contributed by atoms with Crippen molar-refractivity contribution in [3.63, 3.8) is 0 Å². The van der Waals surface area contributed by atoms with Crippen LogP contribution in [0.25, 0.3) is 28.1 Å². The highest BCUT2D eigenvalue weighted by Crippen LogP contribution is 2.27. The summed E-state index contributed by atoms with van der Waals surface area (Å²) in [5.74, 6) is 1.51. The molecule has 0 saturated carbocycles. The first-order chi connectivity index (χ1) is 9.74. The van der Waals surface area contributed by atoms with E-state index >= 15 is 0 Å². The van der Waals surface area contributed by atoms with Crippen LogP contribution in [0, 0.1) is 13.8 Å². The van der Waals surface area contributed by atoms with E-state index in [0.29, 0.717) is 11.5 Å². The highest BCUT2D eigenvalue weighted by Gasteiger charge is 2.15. The van der Waals surface area contributed by atoms with Crippen molar-refractivity contribution in [2.45, 2.75) is 13.8 Å². The van der Waals surface area contributed by atoms with Crippen LogP contribution in [-0.4, -0.2) is 24.6 Å². The average molecular weight is 265 g/mol. The number of aryl methyl sites for hydroxylation is 2. The third-order valence-electron chi connectivity index (χ3n) is 3.44. The van der Waals surface area contributed by atoms with Gasteiger partial charge in [0, 0.05) is 23.5 Å². The van der Waals surface area contributed by atoms with E-state index in [1.807, 2.05) is 26.0 Å². The van der Waals surface area contributed by atoms with Gasteiger partial charge >= 0.3 is 0 Å². The molecule has 0 amide bonds. The first-order valence-corrected chi connectivity index (χ1v) is 6.25. The van der Waals surface area contributed by atoms with Crippen molar-refractivity contribution >= 4 is 16.7 Å². The molecule has 0 aliphatic carbocycles. The molecule has 0 saturated heterocycles. The minimum absolute atomic E-state index is 0.598. The minimum atomic E-state index is 0.598. The van der Waals surface area contributed by atoms with Crippen molar-refractivity contribution in [3.05, 3.63) is 42.2 Å². The number of hydrogen-bond donors (Lipinski definition) is 0. The summed E-state index contributed by atoms with van der Waals surface area (Å²) in [7, 11) is 0. The summed E-state index contributed by atoms with van der Waals surface area (Å²) in [5, 5.41) is 5.37. The molecule has 0 aliphatic heterocycles. The van der Waals surface area contributed by atoms with Crippen molar-refractivity contribution in [1.82, 2.24) is 24.6 Å². The second-order valence-corrected chi connectivity index (χ2v) is 4.65. The third-order valence-corrected chi connectivity index (χ3v) is 3.44. The Kier molecular flexibility index (Phi) is 2.14. The molecular weight excluding hydrogens is 254 g/mol. The van der Waals surface area contributed by atoms with Gasteiger partial charge in [-0.3, -0.25) is 4.98 Å². The lowest BCUT2D eigenvalue weighted by Gasteiger charge is -1.91. The number of aromatic nitrogens is 5. The lowest BCUT2D eigenvalue weighted by Crippen LogP contribution is -1.90. The van der Waals surface area contributed by atoms with Gasteiger partial charge in [0.25, 0.3) is 0 Å². The Hall–Kier alpha value is -2.76. The van der Waals surface area contributed by atoms with E-state index in [-0.39, 0.29) is 0 Å². The molecule has 0 unspecified atom stereocenters. The summed E-state index contributed by atoms with van der Waals surface area (Å²) in [5.41, 5.74) is 3.33. The Morgan fingerprint density at radius 2 is 1.95 bits per heavy atom. The zero-order valence-electron chi connectivity index (χ0n) is 11.0. The second kappa shape index (κ2) is 3.86. The Bertz CT molecular complexity index is 923. The summed E-state index contributed by atoms with van der Waals surface area (Å²) < 4.78 is 7.30.